The van der Waals surface area contributed by atoms with Gasteiger partial charge >= 0.3 is 0 Å². The minimum atomic E-state index is 0.0263. The van der Waals surface area contributed by atoms with E-state index in [-0.39, 0.29) is 6.04 Å². The smallest absolute Gasteiger partial charge is 0.190 e. The summed E-state index contributed by atoms with van der Waals surface area (Å²) in [4.78, 5) is 0. The average Bonchev–Trinajstić information content (AvgIpc) is 3.36. The maximum absolute atomic E-state index is 5.67. The molecule has 0 amide bonds. The van der Waals surface area contributed by atoms with Crippen LogP contribution in [0.25, 0.3) is 0 Å². The molecule has 1 aromatic heterocycles. The van der Waals surface area contributed by atoms with Crippen molar-refractivity contribution >= 4 is 39.0 Å². The highest BCUT2D eigenvalue weighted by Crippen LogP contribution is 2.34. The van der Waals surface area contributed by atoms with Crippen LogP contribution in [0, 0.1) is 0 Å². The summed E-state index contributed by atoms with van der Waals surface area (Å²) < 4.78 is 6.59. The first-order chi connectivity index (χ1) is 13.2. The summed E-state index contributed by atoms with van der Waals surface area (Å²) >= 11 is 9.23. The standard InChI is InChI=1S/C21H18BrN3OS/c22-17-9-4-8-16(12-17)19-13-18(20-10-5-11-26-20)24-25(19)21(27)23-14-15-6-2-1-3-7-15/h1-12,19H,13-14H2,(H,23,27). The van der Waals surface area contributed by atoms with Gasteiger partial charge in [0, 0.05) is 17.4 Å². The van der Waals surface area contributed by atoms with E-state index in [1.807, 2.05) is 47.5 Å². The predicted octanol–water partition coefficient (Wildman–Crippen LogP) is 5.27. The number of hydrogen-bond acceptors (Lipinski definition) is 3. The van der Waals surface area contributed by atoms with Gasteiger partial charge in [-0.25, -0.2) is 5.01 Å². The van der Waals surface area contributed by atoms with Gasteiger partial charge < -0.3 is 9.73 Å². The Morgan fingerprint density at radius 1 is 1.15 bits per heavy atom. The van der Waals surface area contributed by atoms with Gasteiger partial charge in [-0.05, 0) is 47.6 Å². The molecule has 1 N–H and O–H groups in total. The maximum atomic E-state index is 5.67. The van der Waals surface area contributed by atoms with Gasteiger partial charge in [0.2, 0.25) is 0 Å². The number of benzene rings is 2. The minimum Gasteiger partial charge on any atom is -0.463 e. The molecule has 0 saturated heterocycles. The first-order valence-electron chi connectivity index (χ1n) is 8.68. The summed E-state index contributed by atoms with van der Waals surface area (Å²) in [6, 6.07) is 22.3. The zero-order valence-corrected chi connectivity index (χ0v) is 16.9. The van der Waals surface area contributed by atoms with E-state index >= 15 is 0 Å². The molecule has 2 heterocycles. The van der Waals surface area contributed by atoms with Crippen LogP contribution in [0.1, 0.15) is 29.3 Å². The summed E-state index contributed by atoms with van der Waals surface area (Å²) in [6.45, 7) is 0.660. The molecule has 0 spiro atoms. The lowest BCUT2D eigenvalue weighted by Crippen LogP contribution is -2.36. The third-order valence-corrected chi connectivity index (χ3v) is 5.27. The van der Waals surface area contributed by atoms with Gasteiger partial charge in [0.1, 0.15) is 11.5 Å². The molecule has 136 valence electrons. The quantitative estimate of drug-likeness (QED) is 0.562. The molecule has 1 aliphatic rings. The van der Waals surface area contributed by atoms with Crippen molar-refractivity contribution in [3.05, 3.63) is 94.4 Å². The van der Waals surface area contributed by atoms with Crippen molar-refractivity contribution in [1.29, 1.82) is 0 Å². The fraction of sp³-hybridized carbons (Fsp3) is 0.143. The summed E-state index contributed by atoms with van der Waals surface area (Å²) in [5.74, 6) is 0.781. The van der Waals surface area contributed by atoms with E-state index in [0.29, 0.717) is 11.7 Å². The van der Waals surface area contributed by atoms with Crippen LogP contribution < -0.4 is 5.32 Å². The van der Waals surface area contributed by atoms with Crippen molar-refractivity contribution in [2.75, 3.05) is 0 Å². The van der Waals surface area contributed by atoms with Crippen molar-refractivity contribution in [2.24, 2.45) is 5.10 Å². The van der Waals surface area contributed by atoms with E-state index in [9.17, 15) is 0 Å². The van der Waals surface area contributed by atoms with Gasteiger partial charge in [-0.15, -0.1) is 0 Å². The number of rotatable bonds is 4. The Balaban J connectivity index is 1.57. The number of furan rings is 1. The Bertz CT molecular complexity index is 957. The Morgan fingerprint density at radius 3 is 2.74 bits per heavy atom. The summed E-state index contributed by atoms with van der Waals surface area (Å²) in [5.41, 5.74) is 3.22. The minimum absolute atomic E-state index is 0.0263. The van der Waals surface area contributed by atoms with E-state index in [1.54, 1.807) is 6.26 Å². The van der Waals surface area contributed by atoms with Crippen LogP contribution in [0.4, 0.5) is 0 Å². The van der Waals surface area contributed by atoms with Crippen molar-refractivity contribution < 1.29 is 4.42 Å². The van der Waals surface area contributed by atoms with Crippen LogP contribution in [0.2, 0.25) is 0 Å². The molecule has 6 heteroatoms. The lowest BCUT2D eigenvalue weighted by molar-refractivity contribution is 0.363. The monoisotopic (exact) mass is 439 g/mol. The van der Waals surface area contributed by atoms with Crippen LogP contribution >= 0.6 is 28.1 Å². The van der Waals surface area contributed by atoms with Crippen LogP contribution in [-0.2, 0) is 6.54 Å². The zero-order valence-electron chi connectivity index (χ0n) is 14.5. The van der Waals surface area contributed by atoms with Gasteiger partial charge in [0.15, 0.2) is 5.11 Å². The number of halogens is 1. The van der Waals surface area contributed by atoms with E-state index in [2.05, 4.69) is 45.5 Å². The number of nitrogens with zero attached hydrogens (tertiary/aromatic N) is 2. The van der Waals surface area contributed by atoms with Gasteiger partial charge in [0.25, 0.3) is 0 Å². The Hall–Kier alpha value is -2.44. The molecule has 0 bridgehead atoms. The molecule has 4 rings (SSSR count). The molecule has 0 aliphatic carbocycles. The number of nitrogens with one attached hydrogen (secondary N) is 1. The fourth-order valence-corrected chi connectivity index (χ4v) is 3.77. The van der Waals surface area contributed by atoms with Crippen molar-refractivity contribution in [1.82, 2.24) is 10.3 Å². The van der Waals surface area contributed by atoms with Gasteiger partial charge in [-0.2, -0.15) is 5.10 Å². The SMILES string of the molecule is S=C(NCc1ccccc1)N1N=C(c2ccco2)CC1c1cccc(Br)c1. The van der Waals surface area contributed by atoms with E-state index in [1.165, 1.54) is 5.56 Å². The molecule has 4 nitrogen and oxygen atoms in total. The zero-order chi connectivity index (χ0) is 18.6. The Morgan fingerprint density at radius 2 is 2.00 bits per heavy atom. The molecule has 2 aromatic carbocycles. The molecule has 1 atom stereocenters. The molecule has 0 radical (unpaired) electrons. The summed E-state index contributed by atoms with van der Waals surface area (Å²) in [5, 5.41) is 10.6. The molecular weight excluding hydrogens is 422 g/mol. The average molecular weight is 440 g/mol. The van der Waals surface area contributed by atoms with Gasteiger partial charge in [-0.1, -0.05) is 58.4 Å². The fourth-order valence-electron chi connectivity index (χ4n) is 3.12. The summed E-state index contributed by atoms with van der Waals surface area (Å²) in [7, 11) is 0. The maximum Gasteiger partial charge on any atom is 0.190 e. The molecule has 1 aliphatic heterocycles. The predicted molar refractivity (Wildman–Crippen MR) is 114 cm³/mol. The molecule has 0 saturated carbocycles. The summed E-state index contributed by atoms with van der Waals surface area (Å²) in [6.07, 6.45) is 2.40. The van der Waals surface area contributed by atoms with Crippen LogP contribution in [-0.4, -0.2) is 15.8 Å². The second-order valence-corrected chi connectivity index (χ2v) is 7.59. The molecule has 0 fully saturated rings. The highest BCUT2D eigenvalue weighted by Gasteiger charge is 2.32. The molecule has 3 aromatic rings. The number of hydrazone groups is 1. The van der Waals surface area contributed by atoms with Crippen molar-refractivity contribution in [3.63, 3.8) is 0 Å². The number of thiocarbonyl (C=S) groups is 1. The van der Waals surface area contributed by atoms with Crippen molar-refractivity contribution in [2.45, 2.75) is 19.0 Å². The molecule has 1 unspecified atom stereocenters. The highest BCUT2D eigenvalue weighted by molar-refractivity contribution is 9.10. The Labute approximate surface area is 172 Å². The first-order valence-corrected chi connectivity index (χ1v) is 9.88. The lowest BCUT2D eigenvalue weighted by atomic mass is 10.0. The van der Waals surface area contributed by atoms with Gasteiger partial charge in [0.05, 0.1) is 12.3 Å². The van der Waals surface area contributed by atoms with Crippen LogP contribution in [0.5, 0.6) is 0 Å². The molecular formula is C21H18BrN3OS. The normalized spacial score (nSPS) is 16.3. The number of hydrogen-bond donors (Lipinski definition) is 1. The first kappa shape index (κ1) is 17.9. The highest BCUT2D eigenvalue weighted by atomic mass is 79.9. The van der Waals surface area contributed by atoms with E-state index < -0.39 is 0 Å². The molecule has 27 heavy (non-hydrogen) atoms. The Kier molecular flexibility index (Phi) is 5.36. The van der Waals surface area contributed by atoms with E-state index in [0.717, 1.165) is 27.9 Å². The largest absolute Gasteiger partial charge is 0.463 e. The third kappa shape index (κ3) is 4.12. The van der Waals surface area contributed by atoms with Crippen LogP contribution in [0.15, 0.2) is 87.0 Å². The lowest BCUT2D eigenvalue weighted by Gasteiger charge is -2.25. The van der Waals surface area contributed by atoms with Crippen molar-refractivity contribution in [3.8, 4) is 0 Å². The van der Waals surface area contributed by atoms with Crippen LogP contribution in [0.3, 0.4) is 0 Å². The second kappa shape index (κ2) is 8.06. The second-order valence-electron chi connectivity index (χ2n) is 6.29. The van der Waals surface area contributed by atoms with E-state index in [4.69, 9.17) is 21.7 Å². The van der Waals surface area contributed by atoms with Gasteiger partial charge in [-0.3, -0.25) is 0 Å². The third-order valence-electron chi connectivity index (χ3n) is 4.44. The topological polar surface area (TPSA) is 40.8 Å².